The average Bonchev–Trinajstić information content (AvgIpc) is 2.15. The predicted octanol–water partition coefficient (Wildman–Crippen LogP) is -0.397. The summed E-state index contributed by atoms with van der Waals surface area (Å²) in [6.45, 7) is 0.338. The molecule has 14 heavy (non-hydrogen) atoms. The van der Waals surface area contributed by atoms with Gasteiger partial charge >= 0.3 is 0 Å². The molecule has 1 amide bonds. The number of rotatable bonds is 5. The van der Waals surface area contributed by atoms with Gasteiger partial charge in [-0.2, -0.15) is 0 Å². The highest BCUT2D eigenvalue weighted by Crippen LogP contribution is 2.28. The van der Waals surface area contributed by atoms with Gasteiger partial charge in [0, 0.05) is 14.2 Å². The summed E-state index contributed by atoms with van der Waals surface area (Å²) in [5, 5.41) is 2.71. The van der Waals surface area contributed by atoms with Crippen LogP contribution in [0.4, 0.5) is 0 Å². The average molecular weight is 202 g/mol. The van der Waals surface area contributed by atoms with Gasteiger partial charge in [-0.25, -0.2) is 0 Å². The van der Waals surface area contributed by atoms with E-state index >= 15 is 0 Å². The van der Waals surface area contributed by atoms with E-state index in [1.54, 1.807) is 0 Å². The second-order valence-corrected chi connectivity index (χ2v) is 3.62. The minimum absolute atomic E-state index is 0.108. The number of nitrogens with one attached hydrogen (secondary N) is 1. The first-order chi connectivity index (χ1) is 6.62. The highest BCUT2D eigenvalue weighted by atomic mass is 16.7. The largest absolute Gasteiger partial charge is 0.354 e. The first-order valence-electron chi connectivity index (χ1n) is 4.75. The fourth-order valence-electron chi connectivity index (χ4n) is 1.40. The molecule has 0 bridgehead atoms. The van der Waals surface area contributed by atoms with Gasteiger partial charge in [0.05, 0.1) is 12.1 Å². The fourth-order valence-corrected chi connectivity index (χ4v) is 1.40. The number of methoxy groups -OCH3 is 2. The molecular formula is C9H18N2O3. The van der Waals surface area contributed by atoms with Crippen molar-refractivity contribution in [2.75, 3.05) is 20.8 Å². The Hall–Kier alpha value is -0.650. The van der Waals surface area contributed by atoms with Crippen LogP contribution in [0, 0.1) is 0 Å². The van der Waals surface area contributed by atoms with Crippen LogP contribution in [0.3, 0.4) is 0 Å². The lowest BCUT2D eigenvalue weighted by Crippen LogP contribution is -2.59. The van der Waals surface area contributed by atoms with Gasteiger partial charge in [0.2, 0.25) is 5.91 Å². The van der Waals surface area contributed by atoms with E-state index in [2.05, 4.69) is 5.32 Å². The lowest BCUT2D eigenvalue weighted by atomic mass is 9.77. The smallest absolute Gasteiger partial charge is 0.240 e. The van der Waals surface area contributed by atoms with Crippen molar-refractivity contribution in [2.45, 2.75) is 31.1 Å². The van der Waals surface area contributed by atoms with Crippen LogP contribution >= 0.6 is 0 Å². The molecule has 0 aromatic carbocycles. The predicted molar refractivity (Wildman–Crippen MR) is 51.6 cm³/mol. The van der Waals surface area contributed by atoms with Crippen LogP contribution in [-0.4, -0.2) is 38.5 Å². The molecule has 5 heteroatoms. The van der Waals surface area contributed by atoms with Crippen LogP contribution < -0.4 is 11.1 Å². The fraction of sp³-hybridized carbons (Fsp3) is 0.889. The number of carbonyl (C=O) groups excluding carboxylic acids is 1. The SMILES string of the molecule is COC(CNC(=O)C1(N)CCC1)OC. The summed E-state index contributed by atoms with van der Waals surface area (Å²) in [7, 11) is 3.06. The summed E-state index contributed by atoms with van der Waals surface area (Å²) in [6.07, 6.45) is 2.16. The zero-order valence-electron chi connectivity index (χ0n) is 8.71. The minimum atomic E-state index is -0.647. The van der Waals surface area contributed by atoms with E-state index in [1.165, 1.54) is 14.2 Å². The van der Waals surface area contributed by atoms with E-state index in [4.69, 9.17) is 15.2 Å². The van der Waals surface area contributed by atoms with E-state index < -0.39 is 11.8 Å². The molecule has 1 aliphatic carbocycles. The number of hydrogen-bond acceptors (Lipinski definition) is 4. The van der Waals surface area contributed by atoms with E-state index in [0.29, 0.717) is 6.54 Å². The van der Waals surface area contributed by atoms with Crippen LogP contribution in [0.5, 0.6) is 0 Å². The van der Waals surface area contributed by atoms with Crippen LogP contribution in [0.25, 0.3) is 0 Å². The molecule has 0 atom stereocenters. The third-order valence-corrected chi connectivity index (χ3v) is 2.65. The Bertz CT molecular complexity index is 200. The number of ether oxygens (including phenoxy) is 2. The van der Waals surface area contributed by atoms with Crippen molar-refractivity contribution in [2.24, 2.45) is 5.73 Å². The number of carbonyl (C=O) groups is 1. The second kappa shape index (κ2) is 4.72. The molecule has 0 aromatic heterocycles. The van der Waals surface area contributed by atoms with E-state index in [0.717, 1.165) is 19.3 Å². The summed E-state index contributed by atoms with van der Waals surface area (Å²) >= 11 is 0. The summed E-state index contributed by atoms with van der Waals surface area (Å²) < 4.78 is 9.87. The first kappa shape index (κ1) is 11.4. The van der Waals surface area contributed by atoms with Crippen molar-refractivity contribution < 1.29 is 14.3 Å². The van der Waals surface area contributed by atoms with E-state index in [9.17, 15) is 4.79 Å². The summed E-state index contributed by atoms with van der Waals surface area (Å²) in [4.78, 5) is 11.5. The standard InChI is InChI=1S/C9H18N2O3/c1-13-7(14-2)6-11-8(12)9(10)4-3-5-9/h7H,3-6,10H2,1-2H3,(H,11,12). The maximum Gasteiger partial charge on any atom is 0.240 e. The van der Waals surface area contributed by atoms with Crippen LogP contribution in [-0.2, 0) is 14.3 Å². The molecule has 0 radical (unpaired) electrons. The van der Waals surface area contributed by atoms with Gasteiger partial charge in [0.25, 0.3) is 0 Å². The summed E-state index contributed by atoms with van der Waals surface area (Å²) in [5.74, 6) is -0.108. The Morgan fingerprint density at radius 2 is 2.07 bits per heavy atom. The third-order valence-electron chi connectivity index (χ3n) is 2.65. The Labute approximate surface area is 83.9 Å². The van der Waals surface area contributed by atoms with Gasteiger partial charge in [-0.3, -0.25) is 4.79 Å². The maximum atomic E-state index is 11.5. The van der Waals surface area contributed by atoms with Crippen LogP contribution in [0.1, 0.15) is 19.3 Å². The highest BCUT2D eigenvalue weighted by molar-refractivity contribution is 5.86. The molecule has 0 spiro atoms. The molecule has 5 nitrogen and oxygen atoms in total. The van der Waals surface area contributed by atoms with Gasteiger partial charge < -0.3 is 20.5 Å². The molecule has 1 aliphatic rings. The molecule has 3 N–H and O–H groups in total. The van der Waals surface area contributed by atoms with Crippen LogP contribution in [0.2, 0.25) is 0 Å². The van der Waals surface area contributed by atoms with Gasteiger partial charge in [0.1, 0.15) is 0 Å². The van der Waals surface area contributed by atoms with Crippen molar-refractivity contribution in [1.82, 2.24) is 5.32 Å². The number of nitrogens with two attached hydrogens (primary N) is 1. The van der Waals surface area contributed by atoms with Gasteiger partial charge in [-0.1, -0.05) is 0 Å². The third kappa shape index (κ3) is 2.43. The highest BCUT2D eigenvalue weighted by Gasteiger charge is 2.39. The monoisotopic (exact) mass is 202 g/mol. The maximum absolute atomic E-state index is 11.5. The molecule has 0 saturated heterocycles. The molecule has 0 heterocycles. The topological polar surface area (TPSA) is 73.6 Å². The molecular weight excluding hydrogens is 184 g/mol. The molecule has 1 fully saturated rings. The zero-order valence-corrected chi connectivity index (χ0v) is 8.71. The Morgan fingerprint density at radius 3 is 2.43 bits per heavy atom. The Morgan fingerprint density at radius 1 is 1.50 bits per heavy atom. The summed E-state index contributed by atoms with van der Waals surface area (Å²) in [5.41, 5.74) is 5.18. The zero-order chi connectivity index (χ0) is 10.6. The lowest BCUT2D eigenvalue weighted by Gasteiger charge is -2.36. The van der Waals surface area contributed by atoms with Crippen molar-refractivity contribution in [3.05, 3.63) is 0 Å². The van der Waals surface area contributed by atoms with Crippen LogP contribution in [0.15, 0.2) is 0 Å². The number of hydrogen-bond donors (Lipinski definition) is 2. The Kier molecular flexibility index (Phi) is 3.86. The lowest BCUT2D eigenvalue weighted by molar-refractivity contribution is -0.134. The molecule has 0 unspecified atom stereocenters. The number of amides is 1. The molecule has 1 saturated carbocycles. The van der Waals surface area contributed by atoms with Crippen molar-refractivity contribution in [1.29, 1.82) is 0 Å². The van der Waals surface area contributed by atoms with Gasteiger partial charge in [0.15, 0.2) is 6.29 Å². The normalized spacial score (nSPS) is 19.1. The molecule has 82 valence electrons. The van der Waals surface area contributed by atoms with Crippen molar-refractivity contribution in [3.8, 4) is 0 Å². The van der Waals surface area contributed by atoms with E-state index in [-0.39, 0.29) is 5.91 Å². The first-order valence-corrected chi connectivity index (χ1v) is 4.75. The van der Waals surface area contributed by atoms with Gasteiger partial charge in [-0.05, 0) is 19.3 Å². The molecule has 0 aromatic rings. The van der Waals surface area contributed by atoms with Gasteiger partial charge in [-0.15, -0.1) is 0 Å². The Balaban J connectivity index is 2.27. The second-order valence-electron chi connectivity index (χ2n) is 3.62. The molecule has 0 aliphatic heterocycles. The summed E-state index contributed by atoms with van der Waals surface area (Å²) in [6, 6.07) is 0. The van der Waals surface area contributed by atoms with Crippen molar-refractivity contribution >= 4 is 5.91 Å². The quantitative estimate of drug-likeness (QED) is 0.595. The molecule has 1 rings (SSSR count). The minimum Gasteiger partial charge on any atom is -0.354 e. The van der Waals surface area contributed by atoms with Crippen molar-refractivity contribution in [3.63, 3.8) is 0 Å². The van der Waals surface area contributed by atoms with E-state index in [1.807, 2.05) is 0 Å².